The van der Waals surface area contributed by atoms with Crippen LogP contribution in [0.4, 0.5) is 13.2 Å². The molecule has 46 heavy (non-hydrogen) atoms. The average Bonchev–Trinajstić information content (AvgIpc) is 3.33. The van der Waals surface area contributed by atoms with Gasteiger partial charge in [-0.25, -0.2) is 0 Å². The first kappa shape index (κ1) is 34.8. The van der Waals surface area contributed by atoms with Crippen LogP contribution >= 0.6 is 11.8 Å². The third-order valence-electron chi connectivity index (χ3n) is 7.89. The van der Waals surface area contributed by atoms with E-state index in [1.807, 2.05) is 38.1 Å². The lowest BCUT2D eigenvalue weighted by molar-refractivity contribution is -0.148. The fraction of sp³-hybridized carbons (Fsp3) is 0.382. The maximum atomic E-state index is 13.8. The lowest BCUT2D eigenvalue weighted by atomic mass is 9.97. The Kier molecular flexibility index (Phi) is 11.1. The Bertz CT molecular complexity index is 1530. The number of para-hydroxylation sites is 1. The molecule has 0 radical (unpaired) electrons. The number of hydrogen-bond donors (Lipinski definition) is 3. The summed E-state index contributed by atoms with van der Waals surface area (Å²) in [5, 5.41) is 16.7. The number of hydrogen-bond acceptors (Lipinski definition) is 6. The molecule has 0 bridgehead atoms. The quantitative estimate of drug-likeness (QED) is 0.274. The number of amides is 3. The van der Waals surface area contributed by atoms with Crippen molar-refractivity contribution in [3.8, 4) is 5.75 Å². The van der Waals surface area contributed by atoms with Gasteiger partial charge in [-0.05, 0) is 62.4 Å². The molecule has 1 aliphatic rings. The Hall–Kier alpha value is -4.03. The van der Waals surface area contributed by atoms with E-state index in [9.17, 15) is 32.7 Å². The summed E-state index contributed by atoms with van der Waals surface area (Å²) in [5.41, 5.74) is 1.48. The van der Waals surface area contributed by atoms with Crippen LogP contribution in [-0.2, 0) is 33.5 Å². The van der Waals surface area contributed by atoms with Crippen molar-refractivity contribution in [1.29, 1.82) is 0 Å². The lowest BCUT2D eigenvalue weighted by Gasteiger charge is -2.33. The molecular formula is C34H38F3N3O5S. The van der Waals surface area contributed by atoms with E-state index in [0.717, 1.165) is 22.8 Å². The van der Waals surface area contributed by atoms with Gasteiger partial charge in [-0.3, -0.25) is 14.4 Å². The fourth-order valence-corrected chi connectivity index (χ4v) is 6.65. The molecule has 8 nitrogen and oxygen atoms in total. The largest absolute Gasteiger partial charge is 0.483 e. The van der Waals surface area contributed by atoms with Crippen molar-refractivity contribution < 1.29 is 37.4 Å². The zero-order chi connectivity index (χ0) is 33.6. The van der Waals surface area contributed by atoms with Crippen LogP contribution in [0.15, 0.2) is 72.8 Å². The smallest absolute Gasteiger partial charge is 0.416 e. The third kappa shape index (κ3) is 8.41. The number of carbonyl (C=O) groups excluding carboxylic acids is 3. The first-order valence-corrected chi connectivity index (χ1v) is 15.7. The van der Waals surface area contributed by atoms with Gasteiger partial charge >= 0.3 is 6.18 Å². The summed E-state index contributed by atoms with van der Waals surface area (Å²) < 4.78 is 45.5. The van der Waals surface area contributed by atoms with E-state index in [4.69, 9.17) is 4.74 Å². The molecule has 3 amide bonds. The maximum Gasteiger partial charge on any atom is 0.416 e. The van der Waals surface area contributed by atoms with Crippen molar-refractivity contribution in [3.05, 3.63) is 101 Å². The molecule has 1 aliphatic heterocycles. The standard InChI is InChI=1S/C34H38F3N3O5S/c1-21-11-10-12-22(2)29(21)45-19-27(41)39-26(17-23-13-6-5-7-14-23)28(42)32(44)40-20-46-33(3,4)30(40)31(43)38-18-24-15-8-9-16-25(24)34(35,36)37/h5-16,26,28,30,42H,17-20H2,1-4H3,(H,38,43)(H,39,41)/t26-,28-,30?/m0/s1. The molecule has 1 unspecified atom stereocenters. The van der Waals surface area contributed by atoms with E-state index in [1.165, 1.54) is 34.9 Å². The van der Waals surface area contributed by atoms with Crippen LogP contribution in [0.2, 0.25) is 0 Å². The molecule has 3 atom stereocenters. The van der Waals surface area contributed by atoms with Crippen molar-refractivity contribution in [1.82, 2.24) is 15.5 Å². The predicted octanol–water partition coefficient (Wildman–Crippen LogP) is 4.79. The van der Waals surface area contributed by atoms with Gasteiger partial charge in [0, 0.05) is 11.3 Å². The second-order valence-electron chi connectivity index (χ2n) is 11.8. The van der Waals surface area contributed by atoms with Crippen LogP contribution in [-0.4, -0.2) is 63.1 Å². The summed E-state index contributed by atoms with van der Waals surface area (Å²) in [5.74, 6) is -1.37. The number of aliphatic hydroxyl groups excluding tert-OH is 1. The molecule has 1 saturated heterocycles. The molecule has 12 heteroatoms. The molecular weight excluding hydrogens is 619 g/mol. The average molecular weight is 658 g/mol. The van der Waals surface area contributed by atoms with Gasteiger partial charge in [0.25, 0.3) is 11.8 Å². The third-order valence-corrected chi connectivity index (χ3v) is 9.26. The molecule has 1 heterocycles. The highest BCUT2D eigenvalue weighted by Gasteiger charge is 2.50. The van der Waals surface area contributed by atoms with Crippen LogP contribution in [0.3, 0.4) is 0 Å². The minimum absolute atomic E-state index is 0.0573. The van der Waals surface area contributed by atoms with Gasteiger partial charge in [-0.2, -0.15) is 13.2 Å². The summed E-state index contributed by atoms with van der Waals surface area (Å²) >= 11 is 1.30. The molecule has 0 aromatic heterocycles. The maximum absolute atomic E-state index is 13.8. The zero-order valence-corrected chi connectivity index (χ0v) is 26.9. The Morgan fingerprint density at radius 3 is 2.28 bits per heavy atom. The Morgan fingerprint density at radius 1 is 1.00 bits per heavy atom. The van der Waals surface area contributed by atoms with Crippen molar-refractivity contribution in [2.45, 2.75) is 69.8 Å². The van der Waals surface area contributed by atoms with Gasteiger partial charge in [0.05, 0.1) is 17.5 Å². The van der Waals surface area contributed by atoms with Gasteiger partial charge in [0.2, 0.25) is 5.91 Å². The zero-order valence-electron chi connectivity index (χ0n) is 26.1. The van der Waals surface area contributed by atoms with E-state index >= 15 is 0 Å². The van der Waals surface area contributed by atoms with Gasteiger partial charge in [0.1, 0.15) is 11.8 Å². The van der Waals surface area contributed by atoms with Crippen LogP contribution in [0.5, 0.6) is 5.75 Å². The fourth-order valence-electron chi connectivity index (χ4n) is 5.51. The van der Waals surface area contributed by atoms with E-state index in [1.54, 1.807) is 38.1 Å². The van der Waals surface area contributed by atoms with E-state index in [0.29, 0.717) is 5.75 Å². The molecule has 0 saturated carbocycles. The van der Waals surface area contributed by atoms with E-state index in [-0.39, 0.29) is 24.5 Å². The second-order valence-corrected chi connectivity index (χ2v) is 13.4. The Morgan fingerprint density at radius 2 is 1.63 bits per heavy atom. The van der Waals surface area contributed by atoms with Gasteiger partial charge in [-0.1, -0.05) is 66.7 Å². The van der Waals surface area contributed by atoms with E-state index in [2.05, 4.69) is 10.6 Å². The number of ether oxygens (including phenoxy) is 1. The van der Waals surface area contributed by atoms with Crippen molar-refractivity contribution >= 4 is 29.5 Å². The highest BCUT2D eigenvalue weighted by molar-refractivity contribution is 8.00. The topological polar surface area (TPSA) is 108 Å². The molecule has 3 aromatic rings. The minimum Gasteiger partial charge on any atom is -0.483 e. The van der Waals surface area contributed by atoms with E-state index < -0.39 is 58.9 Å². The summed E-state index contributed by atoms with van der Waals surface area (Å²) in [6.45, 7) is 6.47. The minimum atomic E-state index is -4.60. The molecule has 3 aromatic carbocycles. The lowest BCUT2D eigenvalue weighted by Crippen LogP contribution is -2.59. The molecule has 1 fully saturated rings. The molecule has 246 valence electrons. The van der Waals surface area contributed by atoms with Crippen LogP contribution in [0.25, 0.3) is 0 Å². The summed E-state index contributed by atoms with van der Waals surface area (Å²) in [7, 11) is 0. The number of alkyl halides is 3. The number of halogens is 3. The number of aliphatic hydroxyl groups is 1. The van der Waals surface area contributed by atoms with Gasteiger partial charge < -0.3 is 25.4 Å². The van der Waals surface area contributed by atoms with Crippen LogP contribution < -0.4 is 15.4 Å². The van der Waals surface area contributed by atoms with Crippen LogP contribution in [0.1, 0.15) is 41.7 Å². The highest BCUT2D eigenvalue weighted by atomic mass is 32.2. The summed E-state index contributed by atoms with van der Waals surface area (Å²) in [6.07, 6.45) is -6.23. The van der Waals surface area contributed by atoms with Crippen molar-refractivity contribution in [2.75, 3.05) is 12.5 Å². The highest BCUT2D eigenvalue weighted by Crippen LogP contribution is 2.40. The number of benzene rings is 3. The summed E-state index contributed by atoms with van der Waals surface area (Å²) in [4.78, 5) is 41.6. The first-order chi connectivity index (χ1) is 21.7. The Balaban J connectivity index is 1.51. The normalized spacial score (nSPS) is 17.2. The monoisotopic (exact) mass is 657 g/mol. The predicted molar refractivity (Wildman–Crippen MR) is 170 cm³/mol. The molecule has 0 aliphatic carbocycles. The SMILES string of the molecule is Cc1cccc(C)c1OCC(=O)N[C@@H](Cc1ccccc1)[C@H](O)C(=O)N1CSC(C)(C)C1C(=O)NCc1ccccc1C(F)(F)F. The molecule has 4 rings (SSSR count). The molecule has 3 N–H and O–H groups in total. The summed E-state index contributed by atoms with van der Waals surface area (Å²) in [6, 6.07) is 17.4. The van der Waals surface area contributed by atoms with Crippen molar-refractivity contribution in [2.24, 2.45) is 0 Å². The van der Waals surface area contributed by atoms with Crippen LogP contribution in [0, 0.1) is 13.8 Å². The number of thioether (sulfide) groups is 1. The van der Waals surface area contributed by atoms with Gasteiger partial charge in [0.15, 0.2) is 12.7 Å². The second kappa shape index (κ2) is 14.6. The van der Waals surface area contributed by atoms with Gasteiger partial charge in [-0.15, -0.1) is 11.8 Å². The first-order valence-electron chi connectivity index (χ1n) is 14.8. The number of carbonyl (C=O) groups is 3. The number of nitrogens with one attached hydrogen (secondary N) is 2. The Labute approximate surface area is 270 Å². The molecule has 0 spiro atoms. The number of nitrogens with zero attached hydrogens (tertiary/aromatic N) is 1. The van der Waals surface area contributed by atoms with Crippen molar-refractivity contribution in [3.63, 3.8) is 0 Å². The number of rotatable bonds is 11. The number of aryl methyl sites for hydroxylation is 2.